The molecule has 106 valence electrons. The van der Waals surface area contributed by atoms with E-state index in [4.69, 9.17) is 10.5 Å². The van der Waals surface area contributed by atoms with Crippen LogP contribution in [0.3, 0.4) is 0 Å². The maximum absolute atomic E-state index is 12.3. The van der Waals surface area contributed by atoms with Gasteiger partial charge in [0.15, 0.2) is 5.78 Å². The Morgan fingerprint density at radius 3 is 2.68 bits per heavy atom. The van der Waals surface area contributed by atoms with E-state index >= 15 is 0 Å². The van der Waals surface area contributed by atoms with Gasteiger partial charge in [0.1, 0.15) is 5.75 Å². The Labute approximate surface area is 116 Å². The van der Waals surface area contributed by atoms with Crippen LogP contribution in [0.2, 0.25) is 0 Å². The van der Waals surface area contributed by atoms with Crippen LogP contribution in [0.4, 0.5) is 0 Å². The Hall–Kier alpha value is -1.35. The quantitative estimate of drug-likeness (QED) is 0.732. The molecule has 3 heteroatoms. The molecule has 0 aliphatic carbocycles. The number of hydrogen-bond donors (Lipinski definition) is 1. The molecule has 19 heavy (non-hydrogen) atoms. The third kappa shape index (κ3) is 4.67. The Morgan fingerprint density at radius 1 is 1.37 bits per heavy atom. The normalized spacial score (nSPS) is 12.2. The van der Waals surface area contributed by atoms with Gasteiger partial charge in [0.25, 0.3) is 0 Å². The second kappa shape index (κ2) is 7.95. The molecule has 0 bridgehead atoms. The second-order valence-electron chi connectivity index (χ2n) is 5.02. The van der Waals surface area contributed by atoms with E-state index in [0.717, 1.165) is 24.8 Å². The summed E-state index contributed by atoms with van der Waals surface area (Å²) < 4.78 is 5.26. The summed E-state index contributed by atoms with van der Waals surface area (Å²) in [7, 11) is 1.60. The number of benzene rings is 1. The molecule has 1 atom stereocenters. The molecule has 0 aliphatic rings. The number of carbonyl (C=O) groups excluding carboxylic acids is 1. The Kier molecular flexibility index (Phi) is 6.57. The van der Waals surface area contributed by atoms with Gasteiger partial charge in [-0.2, -0.15) is 0 Å². The average molecular weight is 263 g/mol. The number of methoxy groups -OCH3 is 1. The van der Waals surface area contributed by atoms with Gasteiger partial charge >= 0.3 is 0 Å². The highest BCUT2D eigenvalue weighted by Gasteiger charge is 2.14. The monoisotopic (exact) mass is 263 g/mol. The summed E-state index contributed by atoms with van der Waals surface area (Å²) in [5, 5.41) is 0. The fourth-order valence-electron chi connectivity index (χ4n) is 2.30. The van der Waals surface area contributed by atoms with Crippen molar-refractivity contribution in [2.75, 3.05) is 13.7 Å². The molecule has 0 fully saturated rings. The van der Waals surface area contributed by atoms with E-state index in [0.29, 0.717) is 30.2 Å². The molecule has 0 saturated heterocycles. The van der Waals surface area contributed by atoms with Crippen LogP contribution in [0.5, 0.6) is 5.75 Å². The first-order chi connectivity index (χ1) is 9.12. The summed E-state index contributed by atoms with van der Waals surface area (Å²) in [6.45, 7) is 4.83. The fourth-order valence-corrected chi connectivity index (χ4v) is 2.30. The van der Waals surface area contributed by atoms with E-state index in [1.165, 1.54) is 0 Å². The van der Waals surface area contributed by atoms with E-state index < -0.39 is 0 Å². The molecule has 0 spiro atoms. The molecule has 3 nitrogen and oxygen atoms in total. The highest BCUT2D eigenvalue weighted by molar-refractivity contribution is 5.98. The number of rotatable bonds is 8. The van der Waals surface area contributed by atoms with E-state index in [1.807, 2.05) is 25.1 Å². The topological polar surface area (TPSA) is 52.3 Å². The Bertz CT molecular complexity index is 415. The Morgan fingerprint density at radius 2 is 2.11 bits per heavy atom. The number of ketones is 1. The van der Waals surface area contributed by atoms with Gasteiger partial charge in [0, 0.05) is 6.42 Å². The van der Waals surface area contributed by atoms with Gasteiger partial charge in [0.2, 0.25) is 0 Å². The van der Waals surface area contributed by atoms with Crippen molar-refractivity contribution >= 4 is 5.78 Å². The first-order valence-electron chi connectivity index (χ1n) is 7.00. The average Bonchev–Trinajstić information content (AvgIpc) is 2.43. The van der Waals surface area contributed by atoms with E-state index in [2.05, 4.69) is 6.92 Å². The van der Waals surface area contributed by atoms with E-state index in [1.54, 1.807) is 7.11 Å². The largest absolute Gasteiger partial charge is 0.496 e. The van der Waals surface area contributed by atoms with Crippen molar-refractivity contribution in [2.24, 2.45) is 11.7 Å². The maximum Gasteiger partial charge on any atom is 0.166 e. The van der Waals surface area contributed by atoms with Gasteiger partial charge in [-0.05, 0) is 44.4 Å². The zero-order valence-corrected chi connectivity index (χ0v) is 12.2. The number of ether oxygens (including phenoxy) is 1. The first kappa shape index (κ1) is 15.7. The minimum Gasteiger partial charge on any atom is -0.496 e. The molecule has 0 heterocycles. The summed E-state index contributed by atoms with van der Waals surface area (Å²) in [5.74, 6) is 1.38. The van der Waals surface area contributed by atoms with Crippen LogP contribution in [0.1, 0.15) is 48.5 Å². The molecule has 0 amide bonds. The van der Waals surface area contributed by atoms with Gasteiger partial charge < -0.3 is 10.5 Å². The van der Waals surface area contributed by atoms with Crippen LogP contribution in [0.25, 0.3) is 0 Å². The molecule has 1 aromatic carbocycles. The van der Waals surface area contributed by atoms with Gasteiger partial charge in [-0.25, -0.2) is 0 Å². The zero-order chi connectivity index (χ0) is 14.3. The summed E-state index contributed by atoms with van der Waals surface area (Å²) in [6.07, 6.45) is 3.55. The molecular formula is C16H25NO2. The van der Waals surface area contributed by atoms with Crippen LogP contribution in [0, 0.1) is 12.8 Å². The fraction of sp³-hybridized carbons (Fsp3) is 0.562. The molecule has 0 aromatic heterocycles. The van der Waals surface area contributed by atoms with Gasteiger partial charge in [-0.15, -0.1) is 0 Å². The van der Waals surface area contributed by atoms with Gasteiger partial charge in [-0.1, -0.05) is 25.0 Å². The SMILES string of the molecule is CCC(CCN)CCC(=O)c1cc(C)ccc1OC. The van der Waals surface area contributed by atoms with Crippen molar-refractivity contribution in [3.05, 3.63) is 29.3 Å². The predicted octanol–water partition coefficient (Wildman–Crippen LogP) is 3.34. The number of carbonyl (C=O) groups is 1. The summed E-state index contributed by atoms with van der Waals surface area (Å²) >= 11 is 0. The summed E-state index contributed by atoms with van der Waals surface area (Å²) in [6, 6.07) is 5.73. The smallest absolute Gasteiger partial charge is 0.166 e. The molecule has 2 N–H and O–H groups in total. The highest BCUT2D eigenvalue weighted by Crippen LogP contribution is 2.23. The number of hydrogen-bond acceptors (Lipinski definition) is 3. The van der Waals surface area contributed by atoms with Crippen molar-refractivity contribution in [3.63, 3.8) is 0 Å². The van der Waals surface area contributed by atoms with Crippen molar-refractivity contribution in [1.29, 1.82) is 0 Å². The number of nitrogens with two attached hydrogens (primary N) is 1. The third-order valence-corrected chi connectivity index (χ3v) is 3.59. The van der Waals surface area contributed by atoms with Crippen LogP contribution in [-0.4, -0.2) is 19.4 Å². The van der Waals surface area contributed by atoms with Gasteiger partial charge in [0.05, 0.1) is 12.7 Å². The second-order valence-corrected chi connectivity index (χ2v) is 5.02. The number of Topliss-reactive ketones (excluding diaryl/α,β-unsaturated/α-hetero) is 1. The molecule has 1 aromatic rings. The minimum atomic E-state index is 0.163. The molecule has 0 saturated carbocycles. The predicted molar refractivity (Wildman–Crippen MR) is 78.7 cm³/mol. The number of aryl methyl sites for hydroxylation is 1. The van der Waals surface area contributed by atoms with Crippen LogP contribution >= 0.6 is 0 Å². The lowest BCUT2D eigenvalue weighted by Gasteiger charge is -2.14. The highest BCUT2D eigenvalue weighted by atomic mass is 16.5. The summed E-state index contributed by atoms with van der Waals surface area (Å²) in [5.41, 5.74) is 7.36. The van der Waals surface area contributed by atoms with Crippen molar-refractivity contribution in [3.8, 4) is 5.75 Å². The first-order valence-corrected chi connectivity index (χ1v) is 7.00. The lowest BCUT2D eigenvalue weighted by Crippen LogP contribution is -2.11. The summed E-state index contributed by atoms with van der Waals surface area (Å²) in [4.78, 5) is 12.3. The Balaban J connectivity index is 2.69. The molecule has 0 aliphatic heterocycles. The van der Waals surface area contributed by atoms with E-state index in [-0.39, 0.29) is 5.78 Å². The molecule has 0 radical (unpaired) electrons. The van der Waals surface area contributed by atoms with Crippen molar-refractivity contribution < 1.29 is 9.53 Å². The van der Waals surface area contributed by atoms with Crippen LogP contribution in [-0.2, 0) is 0 Å². The van der Waals surface area contributed by atoms with E-state index in [9.17, 15) is 4.79 Å². The lowest BCUT2D eigenvalue weighted by molar-refractivity contribution is 0.0969. The third-order valence-electron chi connectivity index (χ3n) is 3.59. The van der Waals surface area contributed by atoms with Crippen LogP contribution < -0.4 is 10.5 Å². The van der Waals surface area contributed by atoms with Crippen LogP contribution in [0.15, 0.2) is 18.2 Å². The maximum atomic E-state index is 12.3. The van der Waals surface area contributed by atoms with Crippen molar-refractivity contribution in [2.45, 2.75) is 39.5 Å². The molecule has 1 rings (SSSR count). The molecular weight excluding hydrogens is 238 g/mol. The lowest BCUT2D eigenvalue weighted by atomic mass is 9.93. The van der Waals surface area contributed by atoms with Crippen molar-refractivity contribution in [1.82, 2.24) is 0 Å². The zero-order valence-electron chi connectivity index (χ0n) is 12.2. The minimum absolute atomic E-state index is 0.163. The standard InChI is InChI=1S/C16H25NO2/c1-4-13(9-10-17)6-7-15(18)14-11-12(2)5-8-16(14)19-3/h5,8,11,13H,4,6-7,9-10,17H2,1-3H3. The van der Waals surface area contributed by atoms with Gasteiger partial charge in [-0.3, -0.25) is 4.79 Å². The molecule has 1 unspecified atom stereocenters.